The van der Waals surface area contributed by atoms with Crippen LogP contribution in [0.25, 0.3) is 6.08 Å². The van der Waals surface area contributed by atoms with Crippen molar-refractivity contribution in [2.75, 3.05) is 11.9 Å². The van der Waals surface area contributed by atoms with Crippen LogP contribution in [0.5, 0.6) is 5.75 Å². The Morgan fingerprint density at radius 2 is 1.79 bits per heavy atom. The van der Waals surface area contributed by atoms with Crippen LogP contribution < -0.4 is 20.7 Å². The number of amides is 3. The Morgan fingerprint density at radius 1 is 1.11 bits per heavy atom. The number of anilines is 1. The van der Waals surface area contributed by atoms with Crippen LogP contribution in [0, 0.1) is 0 Å². The molecule has 28 heavy (non-hydrogen) atoms. The molecule has 2 aromatic rings. The third-order valence-corrected chi connectivity index (χ3v) is 4.07. The summed E-state index contributed by atoms with van der Waals surface area (Å²) in [6.07, 6.45) is 1.32. The summed E-state index contributed by atoms with van der Waals surface area (Å²) in [5.74, 6) is -1.35. The summed E-state index contributed by atoms with van der Waals surface area (Å²) in [6, 6.07) is 13.6. The number of hydrogen-bond donors (Lipinski definition) is 3. The molecular weight excluding hydrogens is 402 g/mol. The third-order valence-electron chi connectivity index (χ3n) is 3.63. The molecule has 1 saturated heterocycles. The van der Waals surface area contributed by atoms with Gasteiger partial charge in [0.15, 0.2) is 11.7 Å². The van der Waals surface area contributed by atoms with Crippen molar-refractivity contribution >= 4 is 58.4 Å². The molecule has 0 spiro atoms. The predicted octanol–water partition coefficient (Wildman–Crippen LogP) is 2.27. The smallest absolute Gasteiger partial charge is 0.263 e. The summed E-state index contributed by atoms with van der Waals surface area (Å²) in [5, 5.41) is 7.70. The second-order valence-electron chi connectivity index (χ2n) is 5.68. The van der Waals surface area contributed by atoms with E-state index in [9.17, 15) is 14.4 Å². The molecule has 0 radical (unpaired) electrons. The lowest BCUT2D eigenvalue weighted by Gasteiger charge is -2.17. The van der Waals surface area contributed by atoms with E-state index in [1.165, 1.54) is 12.1 Å². The van der Waals surface area contributed by atoms with E-state index in [1.54, 1.807) is 36.4 Å². The molecule has 0 unspecified atom stereocenters. The number of benzene rings is 2. The van der Waals surface area contributed by atoms with Crippen LogP contribution in [-0.4, -0.2) is 29.4 Å². The van der Waals surface area contributed by atoms with Crippen molar-refractivity contribution in [3.05, 3.63) is 64.7 Å². The summed E-state index contributed by atoms with van der Waals surface area (Å²) in [6.45, 7) is -0.269. The third kappa shape index (κ3) is 4.93. The lowest BCUT2D eigenvalue weighted by Crippen LogP contribution is -2.51. The van der Waals surface area contributed by atoms with Crippen molar-refractivity contribution in [2.45, 2.75) is 0 Å². The first-order valence-electron chi connectivity index (χ1n) is 8.08. The van der Waals surface area contributed by atoms with Gasteiger partial charge in [-0.05, 0) is 48.6 Å². The zero-order valence-electron chi connectivity index (χ0n) is 14.3. The number of hydrogen-bond acceptors (Lipinski definition) is 5. The minimum atomic E-state index is -0.638. The fraction of sp³-hybridized carbons (Fsp3) is 0.0526. The lowest BCUT2D eigenvalue weighted by molar-refractivity contribution is -0.123. The van der Waals surface area contributed by atoms with Crippen LogP contribution in [0.1, 0.15) is 5.56 Å². The molecule has 0 aliphatic carbocycles. The van der Waals surface area contributed by atoms with Gasteiger partial charge in [0, 0.05) is 16.3 Å². The van der Waals surface area contributed by atoms with Gasteiger partial charge in [-0.1, -0.05) is 29.8 Å². The standard InChI is InChI=1S/C19H14ClN3O4S/c20-12-6-7-15(27-10-16(24)21-13-4-2-1-3-5-13)11(8-12)9-14-17(25)22-19(28)23-18(14)26/h1-9H,10H2,(H,21,24)(H2,22,23,25,26,28). The number of ether oxygens (including phenoxy) is 1. The van der Waals surface area contributed by atoms with E-state index in [-0.39, 0.29) is 28.9 Å². The second-order valence-corrected chi connectivity index (χ2v) is 6.53. The van der Waals surface area contributed by atoms with Gasteiger partial charge in [0.2, 0.25) is 0 Å². The van der Waals surface area contributed by atoms with Gasteiger partial charge in [-0.3, -0.25) is 25.0 Å². The number of nitrogens with one attached hydrogen (secondary N) is 3. The fourth-order valence-corrected chi connectivity index (χ4v) is 2.75. The average Bonchev–Trinajstić information content (AvgIpc) is 2.64. The molecule has 3 N–H and O–H groups in total. The number of carbonyl (C=O) groups is 3. The van der Waals surface area contributed by atoms with E-state index < -0.39 is 11.8 Å². The van der Waals surface area contributed by atoms with Crippen molar-refractivity contribution in [1.29, 1.82) is 0 Å². The number of para-hydroxylation sites is 1. The first-order chi connectivity index (χ1) is 13.4. The van der Waals surface area contributed by atoms with Crippen molar-refractivity contribution < 1.29 is 19.1 Å². The second kappa shape index (κ2) is 8.64. The Kier molecular flexibility index (Phi) is 6.03. The van der Waals surface area contributed by atoms with Crippen LogP contribution in [0.3, 0.4) is 0 Å². The Labute approximate surface area is 170 Å². The van der Waals surface area contributed by atoms with Crippen LogP contribution in [0.2, 0.25) is 5.02 Å². The molecule has 0 atom stereocenters. The summed E-state index contributed by atoms with van der Waals surface area (Å²) in [7, 11) is 0. The number of rotatable bonds is 5. The van der Waals surface area contributed by atoms with E-state index in [0.717, 1.165) is 0 Å². The zero-order chi connectivity index (χ0) is 20.1. The van der Waals surface area contributed by atoms with E-state index in [1.807, 2.05) is 6.07 Å². The molecule has 9 heteroatoms. The summed E-state index contributed by atoms with van der Waals surface area (Å²) in [5.41, 5.74) is 0.851. The molecule has 0 saturated carbocycles. The van der Waals surface area contributed by atoms with Crippen molar-refractivity contribution in [2.24, 2.45) is 0 Å². The van der Waals surface area contributed by atoms with E-state index >= 15 is 0 Å². The van der Waals surface area contributed by atoms with Crippen LogP contribution in [0.15, 0.2) is 54.1 Å². The van der Waals surface area contributed by atoms with Gasteiger partial charge in [-0.15, -0.1) is 0 Å². The van der Waals surface area contributed by atoms with Gasteiger partial charge in [0.25, 0.3) is 17.7 Å². The molecule has 142 valence electrons. The Bertz CT molecular complexity index is 970. The first-order valence-corrected chi connectivity index (χ1v) is 8.86. The Morgan fingerprint density at radius 3 is 2.46 bits per heavy atom. The van der Waals surface area contributed by atoms with Crippen LogP contribution in [-0.2, 0) is 14.4 Å². The summed E-state index contributed by atoms with van der Waals surface area (Å²) in [4.78, 5) is 36.1. The van der Waals surface area contributed by atoms with E-state index in [2.05, 4.69) is 16.0 Å². The minimum Gasteiger partial charge on any atom is -0.483 e. The predicted molar refractivity (Wildman–Crippen MR) is 109 cm³/mol. The first kappa shape index (κ1) is 19.5. The zero-order valence-corrected chi connectivity index (χ0v) is 15.9. The highest BCUT2D eigenvalue weighted by Gasteiger charge is 2.26. The SMILES string of the molecule is O=C(COc1ccc(Cl)cc1C=C1C(=O)NC(=S)NC1=O)Nc1ccccc1. The normalized spacial score (nSPS) is 13.5. The molecule has 1 aliphatic heterocycles. The molecule has 0 bridgehead atoms. The van der Waals surface area contributed by atoms with Crippen molar-refractivity contribution in [3.63, 3.8) is 0 Å². The summed E-state index contributed by atoms with van der Waals surface area (Å²) < 4.78 is 5.55. The molecule has 3 rings (SSSR count). The molecule has 1 heterocycles. The molecule has 1 fully saturated rings. The minimum absolute atomic E-state index is 0.0627. The van der Waals surface area contributed by atoms with Gasteiger partial charge in [-0.25, -0.2) is 0 Å². The summed E-state index contributed by atoms with van der Waals surface area (Å²) >= 11 is 10.8. The average molecular weight is 416 g/mol. The van der Waals surface area contributed by atoms with Gasteiger partial charge in [0.05, 0.1) is 0 Å². The molecular formula is C19H14ClN3O4S. The number of thiocarbonyl (C=S) groups is 1. The lowest BCUT2D eigenvalue weighted by atomic mass is 10.1. The topological polar surface area (TPSA) is 96.5 Å². The van der Waals surface area contributed by atoms with Gasteiger partial charge in [-0.2, -0.15) is 0 Å². The highest BCUT2D eigenvalue weighted by Crippen LogP contribution is 2.26. The maximum atomic E-state index is 12.1. The highest BCUT2D eigenvalue weighted by atomic mass is 35.5. The molecule has 3 amide bonds. The molecule has 2 aromatic carbocycles. The maximum Gasteiger partial charge on any atom is 0.263 e. The Hall–Kier alpha value is -3.23. The fourth-order valence-electron chi connectivity index (χ4n) is 2.39. The van der Waals surface area contributed by atoms with Gasteiger partial charge >= 0.3 is 0 Å². The van der Waals surface area contributed by atoms with Crippen molar-refractivity contribution in [1.82, 2.24) is 10.6 Å². The van der Waals surface area contributed by atoms with E-state index in [4.69, 9.17) is 28.6 Å². The van der Waals surface area contributed by atoms with E-state index in [0.29, 0.717) is 16.3 Å². The van der Waals surface area contributed by atoms with Gasteiger partial charge < -0.3 is 10.1 Å². The molecule has 1 aliphatic rings. The monoisotopic (exact) mass is 415 g/mol. The quantitative estimate of drug-likeness (QED) is 0.395. The Balaban J connectivity index is 1.76. The number of halogens is 1. The van der Waals surface area contributed by atoms with Crippen LogP contribution >= 0.6 is 23.8 Å². The van der Waals surface area contributed by atoms with Gasteiger partial charge in [0.1, 0.15) is 11.3 Å². The number of carbonyl (C=O) groups excluding carboxylic acids is 3. The van der Waals surface area contributed by atoms with Crippen molar-refractivity contribution in [3.8, 4) is 5.75 Å². The largest absolute Gasteiger partial charge is 0.483 e. The molecule has 7 nitrogen and oxygen atoms in total. The maximum absolute atomic E-state index is 12.1. The molecule has 0 aromatic heterocycles. The van der Waals surface area contributed by atoms with Crippen LogP contribution in [0.4, 0.5) is 5.69 Å². The highest BCUT2D eigenvalue weighted by molar-refractivity contribution is 7.80.